The Balaban J connectivity index is 1.28. The number of hydrazone groups is 1. The molecule has 0 bridgehead atoms. The minimum absolute atomic E-state index is 0.0428. The molecular formula is C34H30N2O7. The molecule has 0 N–H and O–H groups in total. The van der Waals surface area contributed by atoms with Crippen molar-refractivity contribution in [2.24, 2.45) is 11.0 Å². The molecule has 1 aromatic heterocycles. The topological polar surface area (TPSA) is 108 Å². The number of amides is 1. The van der Waals surface area contributed by atoms with Gasteiger partial charge in [-0.25, -0.2) is 9.80 Å². The third kappa shape index (κ3) is 5.53. The van der Waals surface area contributed by atoms with E-state index in [0.29, 0.717) is 11.3 Å². The van der Waals surface area contributed by atoms with E-state index in [2.05, 4.69) is 6.08 Å². The van der Waals surface area contributed by atoms with Crippen LogP contribution in [0, 0.1) is 5.92 Å². The number of methoxy groups -OCH3 is 2. The molecule has 1 amide bonds. The summed E-state index contributed by atoms with van der Waals surface area (Å²) in [5.74, 6) is 0.00366. The Hall–Kier alpha value is -5.18. The Morgan fingerprint density at radius 2 is 1.67 bits per heavy atom. The molecule has 1 aliphatic carbocycles. The monoisotopic (exact) mass is 578 g/mol. The van der Waals surface area contributed by atoms with E-state index in [4.69, 9.17) is 23.7 Å². The molecule has 1 aliphatic heterocycles. The Labute approximate surface area is 248 Å². The highest BCUT2D eigenvalue weighted by Crippen LogP contribution is 2.44. The summed E-state index contributed by atoms with van der Waals surface area (Å²) in [5.41, 5.74) is 3.37. The number of allylic oxidation sites excluding steroid dienone is 1. The molecule has 9 nitrogen and oxygen atoms in total. The first kappa shape index (κ1) is 28.0. The van der Waals surface area contributed by atoms with E-state index in [0.717, 1.165) is 53.7 Å². The van der Waals surface area contributed by atoms with Crippen LogP contribution in [0.4, 0.5) is 0 Å². The number of hydrogen-bond acceptors (Lipinski definition) is 8. The number of rotatable bonds is 7. The maximum Gasteiger partial charge on any atom is 0.345 e. The molecule has 218 valence electrons. The summed E-state index contributed by atoms with van der Waals surface area (Å²) < 4.78 is 21.4. The van der Waals surface area contributed by atoms with E-state index < -0.39 is 30.0 Å². The van der Waals surface area contributed by atoms with Crippen LogP contribution in [-0.2, 0) is 9.53 Å². The lowest BCUT2D eigenvalue weighted by Crippen LogP contribution is -2.34. The van der Waals surface area contributed by atoms with Gasteiger partial charge in [0.15, 0.2) is 6.61 Å². The standard InChI is InChI=1S/C34H30N2O7/c1-40-24-14-10-21(11-15-24)18-23-6-5-8-27-31(23)35-36(32(27)22-12-16-25(41-2)17-13-22)30(37)20-43-34(39)28-19-42-29-9-4-3-7-26(29)33(28)38/h3-4,7,9-19,27,32H,5-6,8,20H2,1-2H3/b23-18+. The highest BCUT2D eigenvalue weighted by atomic mass is 16.5. The summed E-state index contributed by atoms with van der Waals surface area (Å²) >= 11 is 0. The van der Waals surface area contributed by atoms with Gasteiger partial charge in [-0.2, -0.15) is 5.10 Å². The zero-order chi connectivity index (χ0) is 29.9. The maximum atomic E-state index is 13.6. The van der Waals surface area contributed by atoms with Crippen molar-refractivity contribution in [1.29, 1.82) is 0 Å². The highest BCUT2D eigenvalue weighted by molar-refractivity contribution is 6.08. The van der Waals surface area contributed by atoms with Gasteiger partial charge in [0.2, 0.25) is 5.43 Å². The van der Waals surface area contributed by atoms with Gasteiger partial charge >= 0.3 is 5.97 Å². The van der Waals surface area contributed by atoms with Crippen LogP contribution >= 0.6 is 0 Å². The van der Waals surface area contributed by atoms with E-state index >= 15 is 0 Å². The SMILES string of the molecule is COc1ccc(/C=C2\CCCC3C2=NN(C(=O)COC(=O)c2coc4ccccc4c2=O)C3c2ccc(OC)cc2)cc1. The van der Waals surface area contributed by atoms with Gasteiger partial charge in [0, 0.05) is 5.92 Å². The third-order valence-corrected chi connectivity index (χ3v) is 7.90. The molecule has 2 aliphatic rings. The van der Waals surface area contributed by atoms with Crippen LogP contribution in [0.2, 0.25) is 0 Å². The zero-order valence-corrected chi connectivity index (χ0v) is 23.8. The van der Waals surface area contributed by atoms with Crippen molar-refractivity contribution in [2.75, 3.05) is 20.8 Å². The average Bonchev–Trinajstić information content (AvgIpc) is 3.45. The van der Waals surface area contributed by atoms with E-state index in [1.54, 1.807) is 38.5 Å². The third-order valence-electron chi connectivity index (χ3n) is 7.90. The van der Waals surface area contributed by atoms with Crippen molar-refractivity contribution in [2.45, 2.75) is 25.3 Å². The summed E-state index contributed by atoms with van der Waals surface area (Å²) in [7, 11) is 3.23. The number of ether oxygens (including phenoxy) is 3. The lowest BCUT2D eigenvalue weighted by Gasteiger charge is -2.29. The summed E-state index contributed by atoms with van der Waals surface area (Å²) in [5, 5.41) is 6.52. The van der Waals surface area contributed by atoms with Gasteiger partial charge in [-0.05, 0) is 78.4 Å². The van der Waals surface area contributed by atoms with Gasteiger partial charge in [-0.1, -0.05) is 36.4 Å². The minimum atomic E-state index is -0.932. The van der Waals surface area contributed by atoms with Crippen LogP contribution in [0.25, 0.3) is 17.0 Å². The van der Waals surface area contributed by atoms with Gasteiger partial charge < -0.3 is 18.6 Å². The van der Waals surface area contributed by atoms with Crippen LogP contribution in [0.15, 0.2) is 98.9 Å². The van der Waals surface area contributed by atoms with Gasteiger partial charge in [-0.3, -0.25) is 9.59 Å². The molecule has 0 spiro atoms. The first-order valence-corrected chi connectivity index (χ1v) is 14.0. The molecule has 9 heteroatoms. The van der Waals surface area contributed by atoms with Gasteiger partial charge in [0.05, 0.1) is 31.4 Å². The quantitative estimate of drug-likeness (QED) is 0.256. The Kier molecular flexibility index (Phi) is 7.79. The molecule has 2 atom stereocenters. The molecule has 1 fully saturated rings. The summed E-state index contributed by atoms with van der Waals surface area (Å²) in [6, 6.07) is 21.6. The van der Waals surface area contributed by atoms with E-state index in [-0.39, 0.29) is 16.9 Å². The van der Waals surface area contributed by atoms with Crippen LogP contribution in [-0.4, -0.2) is 43.4 Å². The van der Waals surface area contributed by atoms with Crippen molar-refractivity contribution in [3.8, 4) is 11.5 Å². The van der Waals surface area contributed by atoms with Gasteiger partial charge in [-0.15, -0.1) is 0 Å². The molecule has 4 aromatic rings. The molecule has 6 rings (SSSR count). The largest absolute Gasteiger partial charge is 0.497 e. The normalized spacial score (nSPS) is 18.7. The fourth-order valence-electron chi connectivity index (χ4n) is 5.73. The van der Waals surface area contributed by atoms with Crippen molar-refractivity contribution in [3.63, 3.8) is 0 Å². The van der Waals surface area contributed by atoms with E-state index in [1.165, 1.54) is 5.01 Å². The van der Waals surface area contributed by atoms with E-state index in [9.17, 15) is 14.4 Å². The second-order valence-corrected chi connectivity index (χ2v) is 10.4. The van der Waals surface area contributed by atoms with E-state index in [1.807, 2.05) is 48.5 Å². The number of benzene rings is 3. The van der Waals surface area contributed by atoms with Crippen molar-refractivity contribution in [1.82, 2.24) is 5.01 Å². The molecule has 0 radical (unpaired) electrons. The van der Waals surface area contributed by atoms with Crippen molar-refractivity contribution >= 4 is 34.6 Å². The number of carbonyl (C=O) groups is 2. The van der Waals surface area contributed by atoms with Crippen molar-refractivity contribution in [3.05, 3.63) is 112 Å². The Bertz CT molecular complexity index is 1790. The second-order valence-electron chi connectivity index (χ2n) is 10.4. The van der Waals surface area contributed by atoms with Crippen molar-refractivity contribution < 1.29 is 28.2 Å². The molecular weight excluding hydrogens is 548 g/mol. The lowest BCUT2D eigenvalue weighted by atomic mass is 9.77. The molecule has 2 unspecified atom stereocenters. The summed E-state index contributed by atoms with van der Waals surface area (Å²) in [4.78, 5) is 39.4. The van der Waals surface area contributed by atoms with Crippen LogP contribution in [0.1, 0.15) is 46.8 Å². The van der Waals surface area contributed by atoms with Gasteiger partial charge in [0.25, 0.3) is 5.91 Å². The number of fused-ring (bicyclic) bond motifs is 2. The molecule has 43 heavy (non-hydrogen) atoms. The van der Waals surface area contributed by atoms with Gasteiger partial charge in [0.1, 0.15) is 28.9 Å². The van der Waals surface area contributed by atoms with Crippen LogP contribution < -0.4 is 14.9 Å². The highest BCUT2D eigenvalue weighted by Gasteiger charge is 2.44. The number of carbonyl (C=O) groups excluding carboxylic acids is 2. The summed E-state index contributed by atoms with van der Waals surface area (Å²) in [6.07, 6.45) is 5.77. The Morgan fingerprint density at radius 3 is 2.40 bits per heavy atom. The fourth-order valence-corrected chi connectivity index (χ4v) is 5.73. The number of esters is 1. The Morgan fingerprint density at radius 1 is 0.977 bits per heavy atom. The molecule has 2 heterocycles. The zero-order valence-electron chi connectivity index (χ0n) is 23.8. The number of nitrogens with zero attached hydrogens (tertiary/aromatic N) is 2. The second kappa shape index (κ2) is 12.0. The molecule has 1 saturated carbocycles. The van der Waals surface area contributed by atoms with Crippen LogP contribution in [0.3, 0.4) is 0 Å². The number of hydrogen-bond donors (Lipinski definition) is 0. The lowest BCUT2D eigenvalue weighted by molar-refractivity contribution is -0.137. The first-order valence-electron chi connectivity index (χ1n) is 14.0. The number of para-hydroxylation sites is 1. The first-order chi connectivity index (χ1) is 21.0. The molecule has 3 aromatic carbocycles. The smallest absolute Gasteiger partial charge is 0.345 e. The predicted octanol–water partition coefficient (Wildman–Crippen LogP) is 5.79. The summed E-state index contributed by atoms with van der Waals surface area (Å²) in [6.45, 7) is -0.585. The maximum absolute atomic E-state index is 13.6. The fraction of sp³-hybridized carbons (Fsp3) is 0.235. The molecule has 0 saturated heterocycles. The predicted molar refractivity (Wildman–Crippen MR) is 161 cm³/mol. The minimum Gasteiger partial charge on any atom is -0.497 e. The average molecular weight is 579 g/mol. The van der Waals surface area contributed by atoms with Crippen LogP contribution in [0.5, 0.6) is 11.5 Å².